The van der Waals surface area contributed by atoms with Crippen LogP contribution < -0.4 is 0 Å². The third-order valence-corrected chi connectivity index (χ3v) is 2.36. The number of hydrogen-bond donors (Lipinski definition) is 0. The van der Waals surface area contributed by atoms with E-state index in [0.717, 1.165) is 0 Å². The maximum Gasteiger partial charge on any atom is 0.306 e. The summed E-state index contributed by atoms with van der Waals surface area (Å²) in [6.07, 6.45) is 0.140. The lowest BCUT2D eigenvalue weighted by atomic mass is 9.96. The Hall–Kier alpha value is -1.91. The molecule has 0 aliphatic carbocycles. The minimum atomic E-state index is -0.441. The van der Waals surface area contributed by atoms with Gasteiger partial charge >= 0.3 is 5.97 Å². The van der Waals surface area contributed by atoms with Gasteiger partial charge in [0.25, 0.3) is 5.69 Å². The van der Waals surface area contributed by atoms with Gasteiger partial charge in [0, 0.05) is 11.6 Å². The van der Waals surface area contributed by atoms with Crippen molar-refractivity contribution in [2.45, 2.75) is 19.3 Å². The van der Waals surface area contributed by atoms with E-state index in [4.69, 9.17) is 0 Å². The van der Waals surface area contributed by atoms with Crippen LogP contribution >= 0.6 is 0 Å². The quantitative estimate of drug-likeness (QED) is 0.446. The number of benzene rings is 1. The number of nitro groups is 1. The molecule has 0 amide bonds. The van der Waals surface area contributed by atoms with Gasteiger partial charge in [-0.15, -0.1) is 0 Å². The van der Waals surface area contributed by atoms with E-state index in [1.165, 1.54) is 13.2 Å². The fraction of sp³-hybridized carbons (Fsp3) is 0.364. The summed E-state index contributed by atoms with van der Waals surface area (Å²) >= 11 is 0. The molecule has 5 heteroatoms. The Morgan fingerprint density at radius 3 is 2.69 bits per heavy atom. The number of carbonyl (C=O) groups is 1. The van der Waals surface area contributed by atoms with Crippen LogP contribution in [0.4, 0.5) is 5.69 Å². The smallest absolute Gasteiger partial charge is 0.306 e. The Labute approximate surface area is 93.2 Å². The van der Waals surface area contributed by atoms with E-state index in [0.29, 0.717) is 5.56 Å². The lowest BCUT2D eigenvalue weighted by Crippen LogP contribution is -2.07. The molecule has 86 valence electrons. The van der Waals surface area contributed by atoms with Crippen molar-refractivity contribution in [3.8, 4) is 0 Å². The van der Waals surface area contributed by atoms with Crippen molar-refractivity contribution in [3.05, 3.63) is 39.9 Å². The van der Waals surface area contributed by atoms with Gasteiger partial charge in [0.2, 0.25) is 0 Å². The first-order chi connectivity index (χ1) is 7.56. The minimum Gasteiger partial charge on any atom is -0.469 e. The van der Waals surface area contributed by atoms with Gasteiger partial charge < -0.3 is 4.74 Å². The van der Waals surface area contributed by atoms with Crippen molar-refractivity contribution in [3.63, 3.8) is 0 Å². The van der Waals surface area contributed by atoms with Crippen LogP contribution in [0, 0.1) is 10.1 Å². The molecule has 0 aliphatic rings. The lowest BCUT2D eigenvalue weighted by molar-refractivity contribution is -0.385. The van der Waals surface area contributed by atoms with Crippen LogP contribution in [0.3, 0.4) is 0 Å². The van der Waals surface area contributed by atoms with Crippen LogP contribution in [-0.4, -0.2) is 18.0 Å². The van der Waals surface area contributed by atoms with Gasteiger partial charge in [0.1, 0.15) is 0 Å². The van der Waals surface area contributed by atoms with Crippen molar-refractivity contribution >= 4 is 11.7 Å². The topological polar surface area (TPSA) is 69.4 Å². The standard InChI is InChI=1S/C11H13NO4/c1-8(7-11(13)16-2)9-5-3-4-6-10(9)12(14)15/h3-6,8H,7H2,1-2H3. The molecule has 0 fully saturated rings. The molecule has 1 unspecified atom stereocenters. The van der Waals surface area contributed by atoms with Crippen molar-refractivity contribution in [2.24, 2.45) is 0 Å². The zero-order valence-corrected chi connectivity index (χ0v) is 9.17. The van der Waals surface area contributed by atoms with Crippen LogP contribution in [0.25, 0.3) is 0 Å². The molecule has 0 spiro atoms. The first-order valence-electron chi connectivity index (χ1n) is 4.86. The Morgan fingerprint density at radius 1 is 1.50 bits per heavy atom. The lowest BCUT2D eigenvalue weighted by Gasteiger charge is -2.10. The van der Waals surface area contributed by atoms with Crippen LogP contribution in [0.2, 0.25) is 0 Å². The molecule has 16 heavy (non-hydrogen) atoms. The molecule has 1 aromatic rings. The molecule has 0 saturated carbocycles. The highest BCUT2D eigenvalue weighted by Gasteiger charge is 2.20. The summed E-state index contributed by atoms with van der Waals surface area (Å²) in [7, 11) is 1.30. The Kier molecular flexibility index (Phi) is 3.99. The number of esters is 1. The molecule has 0 saturated heterocycles. The Bertz CT molecular complexity index is 403. The molecule has 1 rings (SSSR count). The SMILES string of the molecule is COC(=O)CC(C)c1ccccc1[N+](=O)[O-]. The number of hydrogen-bond acceptors (Lipinski definition) is 4. The summed E-state index contributed by atoms with van der Waals surface area (Å²) < 4.78 is 4.53. The highest BCUT2D eigenvalue weighted by Crippen LogP contribution is 2.28. The van der Waals surface area contributed by atoms with E-state index >= 15 is 0 Å². The summed E-state index contributed by atoms with van der Waals surface area (Å²) in [6, 6.07) is 6.41. The summed E-state index contributed by atoms with van der Waals surface area (Å²) in [5, 5.41) is 10.8. The van der Waals surface area contributed by atoms with Gasteiger partial charge in [0.05, 0.1) is 18.5 Å². The van der Waals surface area contributed by atoms with Crippen LogP contribution in [-0.2, 0) is 9.53 Å². The summed E-state index contributed by atoms with van der Waals surface area (Å²) in [5.74, 6) is -0.597. The summed E-state index contributed by atoms with van der Waals surface area (Å²) in [5.41, 5.74) is 0.594. The molecule has 0 aromatic heterocycles. The molecule has 0 aliphatic heterocycles. The first kappa shape index (κ1) is 12.2. The molecule has 1 aromatic carbocycles. The summed E-state index contributed by atoms with van der Waals surface area (Å²) in [6.45, 7) is 1.76. The zero-order chi connectivity index (χ0) is 12.1. The fourth-order valence-electron chi connectivity index (χ4n) is 1.51. The average Bonchev–Trinajstić information content (AvgIpc) is 2.28. The minimum absolute atomic E-state index is 0.0407. The fourth-order valence-corrected chi connectivity index (χ4v) is 1.51. The average molecular weight is 223 g/mol. The van der Waals surface area contributed by atoms with Crippen LogP contribution in [0.1, 0.15) is 24.8 Å². The predicted octanol–water partition coefficient (Wildman–Crippen LogP) is 2.26. The van der Waals surface area contributed by atoms with E-state index in [1.807, 2.05) is 0 Å². The predicted molar refractivity (Wildman–Crippen MR) is 58.1 cm³/mol. The van der Waals surface area contributed by atoms with E-state index in [-0.39, 0.29) is 24.0 Å². The van der Waals surface area contributed by atoms with Gasteiger partial charge in [-0.3, -0.25) is 14.9 Å². The van der Waals surface area contributed by atoms with Crippen LogP contribution in [0.5, 0.6) is 0 Å². The van der Waals surface area contributed by atoms with E-state index in [9.17, 15) is 14.9 Å². The second-order valence-electron chi connectivity index (χ2n) is 3.50. The normalized spacial score (nSPS) is 11.9. The number of rotatable bonds is 4. The molecular formula is C11H13NO4. The molecule has 0 radical (unpaired) electrons. The third-order valence-electron chi connectivity index (χ3n) is 2.36. The highest BCUT2D eigenvalue weighted by atomic mass is 16.6. The second-order valence-corrected chi connectivity index (χ2v) is 3.50. The molecule has 5 nitrogen and oxygen atoms in total. The summed E-state index contributed by atoms with van der Waals surface area (Å²) in [4.78, 5) is 21.4. The van der Waals surface area contributed by atoms with E-state index in [1.54, 1.807) is 25.1 Å². The van der Waals surface area contributed by atoms with Crippen molar-refractivity contribution in [1.82, 2.24) is 0 Å². The van der Waals surface area contributed by atoms with Crippen molar-refractivity contribution in [2.75, 3.05) is 7.11 Å². The van der Waals surface area contributed by atoms with E-state index < -0.39 is 4.92 Å². The third kappa shape index (κ3) is 2.79. The maximum atomic E-state index is 11.1. The van der Waals surface area contributed by atoms with E-state index in [2.05, 4.69) is 4.74 Å². The number of para-hydroxylation sites is 1. The largest absolute Gasteiger partial charge is 0.469 e. The number of ether oxygens (including phenoxy) is 1. The van der Waals surface area contributed by atoms with Gasteiger partial charge in [-0.25, -0.2) is 0 Å². The number of carbonyl (C=O) groups excluding carboxylic acids is 1. The molecule has 1 atom stereocenters. The van der Waals surface area contributed by atoms with Gasteiger partial charge in [0.15, 0.2) is 0 Å². The Morgan fingerprint density at radius 2 is 2.12 bits per heavy atom. The number of methoxy groups -OCH3 is 1. The van der Waals surface area contributed by atoms with Crippen LogP contribution in [0.15, 0.2) is 24.3 Å². The van der Waals surface area contributed by atoms with Crippen molar-refractivity contribution < 1.29 is 14.5 Å². The molecule has 0 heterocycles. The maximum absolute atomic E-state index is 11.1. The number of nitro benzene ring substituents is 1. The second kappa shape index (κ2) is 5.25. The van der Waals surface area contributed by atoms with Gasteiger partial charge in [-0.2, -0.15) is 0 Å². The van der Waals surface area contributed by atoms with Gasteiger partial charge in [-0.1, -0.05) is 25.1 Å². The Balaban J connectivity index is 2.94. The van der Waals surface area contributed by atoms with Gasteiger partial charge in [-0.05, 0) is 5.92 Å². The molecular weight excluding hydrogens is 210 g/mol. The van der Waals surface area contributed by atoms with Crippen molar-refractivity contribution in [1.29, 1.82) is 0 Å². The zero-order valence-electron chi connectivity index (χ0n) is 9.17. The number of nitrogens with zero attached hydrogens (tertiary/aromatic N) is 1. The molecule has 0 N–H and O–H groups in total. The first-order valence-corrected chi connectivity index (χ1v) is 4.86. The molecule has 0 bridgehead atoms. The highest BCUT2D eigenvalue weighted by molar-refractivity contribution is 5.70. The monoisotopic (exact) mass is 223 g/mol.